The zero-order valence-corrected chi connectivity index (χ0v) is 9.49. The van der Waals surface area contributed by atoms with E-state index in [1.165, 1.54) is 0 Å². The summed E-state index contributed by atoms with van der Waals surface area (Å²) in [5.74, 6) is 0.711. The molecule has 1 amide bonds. The molecule has 0 aromatic carbocycles. The summed E-state index contributed by atoms with van der Waals surface area (Å²) in [6.45, 7) is 5.04. The van der Waals surface area contributed by atoms with E-state index >= 15 is 0 Å². The first-order valence-electron chi connectivity index (χ1n) is 5.57. The SMILES string of the molecule is CCCCCC(=O)Nc1cn(CC)cn1. The van der Waals surface area contributed by atoms with Crippen molar-refractivity contribution in [2.75, 3.05) is 5.32 Å². The highest BCUT2D eigenvalue weighted by Crippen LogP contribution is 2.05. The fraction of sp³-hybridized carbons (Fsp3) is 0.636. The summed E-state index contributed by atoms with van der Waals surface area (Å²) in [6, 6.07) is 0. The minimum atomic E-state index is 0.0600. The molecule has 1 heterocycles. The van der Waals surface area contributed by atoms with Crippen molar-refractivity contribution >= 4 is 11.7 Å². The number of hydrogen-bond acceptors (Lipinski definition) is 2. The van der Waals surface area contributed by atoms with E-state index < -0.39 is 0 Å². The Morgan fingerprint density at radius 2 is 2.27 bits per heavy atom. The molecule has 0 bridgehead atoms. The highest BCUT2D eigenvalue weighted by atomic mass is 16.1. The van der Waals surface area contributed by atoms with Crippen LogP contribution in [0.4, 0.5) is 5.82 Å². The van der Waals surface area contributed by atoms with Gasteiger partial charge in [-0.1, -0.05) is 19.8 Å². The second-order valence-electron chi connectivity index (χ2n) is 3.59. The van der Waals surface area contributed by atoms with Crippen LogP contribution in [0, 0.1) is 0 Å². The lowest BCUT2D eigenvalue weighted by Gasteiger charge is -2.00. The third-order valence-corrected chi connectivity index (χ3v) is 2.27. The molecule has 0 aliphatic carbocycles. The number of hydrogen-bond donors (Lipinski definition) is 1. The van der Waals surface area contributed by atoms with Gasteiger partial charge < -0.3 is 9.88 Å². The fourth-order valence-electron chi connectivity index (χ4n) is 1.34. The van der Waals surface area contributed by atoms with Crippen LogP contribution in [0.2, 0.25) is 0 Å². The lowest BCUT2D eigenvalue weighted by molar-refractivity contribution is -0.116. The first-order chi connectivity index (χ1) is 7.26. The van der Waals surface area contributed by atoms with Gasteiger partial charge in [0.2, 0.25) is 5.91 Å². The third kappa shape index (κ3) is 4.14. The van der Waals surface area contributed by atoms with Crippen LogP contribution in [-0.4, -0.2) is 15.5 Å². The van der Waals surface area contributed by atoms with Crippen molar-refractivity contribution in [1.82, 2.24) is 9.55 Å². The lowest BCUT2D eigenvalue weighted by atomic mass is 10.2. The Balaban J connectivity index is 2.31. The molecule has 0 radical (unpaired) electrons. The maximum atomic E-state index is 11.4. The molecular weight excluding hydrogens is 190 g/mol. The molecule has 1 aromatic rings. The number of aromatic nitrogens is 2. The number of nitrogens with zero attached hydrogens (tertiary/aromatic N) is 2. The fourth-order valence-corrected chi connectivity index (χ4v) is 1.34. The number of nitrogens with one attached hydrogen (secondary N) is 1. The number of rotatable bonds is 6. The van der Waals surface area contributed by atoms with Gasteiger partial charge in [0, 0.05) is 19.2 Å². The summed E-state index contributed by atoms with van der Waals surface area (Å²) in [6.07, 6.45) is 7.36. The van der Waals surface area contributed by atoms with Gasteiger partial charge in [-0.05, 0) is 13.3 Å². The predicted octanol–water partition coefficient (Wildman–Crippen LogP) is 2.42. The molecule has 1 N–H and O–H groups in total. The second kappa shape index (κ2) is 6.22. The Kier molecular flexibility index (Phi) is 4.87. The molecule has 0 atom stereocenters. The van der Waals surface area contributed by atoms with Crippen LogP contribution in [0.1, 0.15) is 39.5 Å². The summed E-state index contributed by atoms with van der Waals surface area (Å²) < 4.78 is 1.93. The molecule has 0 unspecified atom stereocenters. The summed E-state index contributed by atoms with van der Waals surface area (Å²) >= 11 is 0. The highest BCUT2D eigenvalue weighted by molar-refractivity contribution is 5.89. The van der Waals surface area contributed by atoms with E-state index in [9.17, 15) is 4.79 Å². The van der Waals surface area contributed by atoms with Crippen molar-refractivity contribution in [3.05, 3.63) is 12.5 Å². The van der Waals surface area contributed by atoms with E-state index in [-0.39, 0.29) is 5.91 Å². The molecular formula is C11H19N3O. The Morgan fingerprint density at radius 3 is 2.87 bits per heavy atom. The quantitative estimate of drug-likeness (QED) is 0.731. The zero-order valence-electron chi connectivity index (χ0n) is 9.49. The van der Waals surface area contributed by atoms with Gasteiger partial charge in [0.05, 0.1) is 6.33 Å². The van der Waals surface area contributed by atoms with Gasteiger partial charge in [-0.3, -0.25) is 4.79 Å². The van der Waals surface area contributed by atoms with E-state index in [0.29, 0.717) is 12.2 Å². The Hall–Kier alpha value is -1.32. The predicted molar refractivity (Wildman–Crippen MR) is 60.7 cm³/mol. The molecule has 0 aliphatic heterocycles. The molecule has 4 nitrogen and oxygen atoms in total. The monoisotopic (exact) mass is 209 g/mol. The average molecular weight is 209 g/mol. The standard InChI is InChI=1S/C11H19N3O/c1-3-5-6-7-11(15)13-10-8-14(4-2)9-12-10/h8-9H,3-7H2,1-2H3,(H,13,15). The zero-order chi connectivity index (χ0) is 11.1. The van der Waals surface area contributed by atoms with Crippen molar-refractivity contribution in [1.29, 1.82) is 0 Å². The van der Waals surface area contributed by atoms with Crippen LogP contribution in [0.3, 0.4) is 0 Å². The van der Waals surface area contributed by atoms with Crippen LogP contribution < -0.4 is 5.32 Å². The van der Waals surface area contributed by atoms with Gasteiger partial charge >= 0.3 is 0 Å². The maximum Gasteiger partial charge on any atom is 0.225 e. The highest BCUT2D eigenvalue weighted by Gasteiger charge is 2.03. The molecule has 15 heavy (non-hydrogen) atoms. The van der Waals surface area contributed by atoms with Crippen molar-refractivity contribution in [2.45, 2.75) is 46.1 Å². The minimum Gasteiger partial charge on any atom is -0.336 e. The summed E-state index contributed by atoms with van der Waals surface area (Å²) in [5.41, 5.74) is 0. The Morgan fingerprint density at radius 1 is 1.47 bits per heavy atom. The van der Waals surface area contributed by atoms with Gasteiger partial charge in [-0.25, -0.2) is 4.98 Å². The molecule has 0 fully saturated rings. The van der Waals surface area contributed by atoms with E-state index in [1.807, 2.05) is 17.7 Å². The molecule has 0 saturated heterocycles. The third-order valence-electron chi connectivity index (χ3n) is 2.27. The second-order valence-corrected chi connectivity index (χ2v) is 3.59. The average Bonchev–Trinajstić information content (AvgIpc) is 2.66. The van der Waals surface area contributed by atoms with Crippen LogP contribution in [-0.2, 0) is 11.3 Å². The van der Waals surface area contributed by atoms with Gasteiger partial charge in [0.1, 0.15) is 0 Å². The number of aryl methyl sites for hydroxylation is 1. The van der Waals surface area contributed by atoms with E-state index in [1.54, 1.807) is 6.33 Å². The van der Waals surface area contributed by atoms with Gasteiger partial charge in [0.25, 0.3) is 0 Å². The number of carbonyl (C=O) groups is 1. The topological polar surface area (TPSA) is 46.9 Å². The van der Waals surface area contributed by atoms with E-state index in [0.717, 1.165) is 25.8 Å². The summed E-state index contributed by atoms with van der Waals surface area (Å²) in [4.78, 5) is 15.5. The lowest BCUT2D eigenvalue weighted by Crippen LogP contribution is -2.11. The minimum absolute atomic E-state index is 0.0600. The van der Waals surface area contributed by atoms with Crippen LogP contribution >= 0.6 is 0 Å². The normalized spacial score (nSPS) is 10.3. The van der Waals surface area contributed by atoms with Crippen molar-refractivity contribution in [3.63, 3.8) is 0 Å². The largest absolute Gasteiger partial charge is 0.336 e. The van der Waals surface area contributed by atoms with E-state index in [4.69, 9.17) is 0 Å². The van der Waals surface area contributed by atoms with Crippen LogP contribution in [0.5, 0.6) is 0 Å². The van der Waals surface area contributed by atoms with Gasteiger partial charge in [0.15, 0.2) is 5.82 Å². The number of amides is 1. The van der Waals surface area contributed by atoms with Crippen molar-refractivity contribution < 1.29 is 4.79 Å². The van der Waals surface area contributed by atoms with Crippen LogP contribution in [0.25, 0.3) is 0 Å². The summed E-state index contributed by atoms with van der Waals surface area (Å²) in [7, 11) is 0. The number of imidazole rings is 1. The molecule has 0 saturated carbocycles. The number of anilines is 1. The Bertz CT molecular complexity index is 307. The molecule has 1 rings (SSSR count). The molecule has 0 spiro atoms. The van der Waals surface area contributed by atoms with Crippen molar-refractivity contribution in [2.24, 2.45) is 0 Å². The van der Waals surface area contributed by atoms with Crippen molar-refractivity contribution in [3.8, 4) is 0 Å². The maximum absolute atomic E-state index is 11.4. The van der Waals surface area contributed by atoms with Crippen LogP contribution in [0.15, 0.2) is 12.5 Å². The summed E-state index contributed by atoms with van der Waals surface area (Å²) in [5, 5.41) is 2.78. The van der Waals surface area contributed by atoms with Gasteiger partial charge in [-0.15, -0.1) is 0 Å². The Labute approximate surface area is 90.7 Å². The van der Waals surface area contributed by atoms with Gasteiger partial charge in [-0.2, -0.15) is 0 Å². The molecule has 84 valence electrons. The molecule has 4 heteroatoms. The smallest absolute Gasteiger partial charge is 0.225 e. The number of unbranched alkanes of at least 4 members (excludes halogenated alkanes) is 2. The first-order valence-corrected chi connectivity index (χ1v) is 5.57. The molecule has 1 aromatic heterocycles. The first kappa shape index (κ1) is 11.8. The van der Waals surface area contributed by atoms with E-state index in [2.05, 4.69) is 17.2 Å². The number of carbonyl (C=O) groups excluding carboxylic acids is 1. The molecule has 0 aliphatic rings.